The summed E-state index contributed by atoms with van der Waals surface area (Å²) in [7, 11) is 0. The number of carbonyl (C=O) groups excluding carboxylic acids is 1. The molecular formula is C24H30Cl2N2O3. The van der Waals surface area contributed by atoms with Gasteiger partial charge in [0.25, 0.3) is 0 Å². The van der Waals surface area contributed by atoms with Crippen LogP contribution < -0.4 is 14.8 Å². The number of amides is 1. The third kappa shape index (κ3) is 7.03. The summed E-state index contributed by atoms with van der Waals surface area (Å²) >= 11 is 12.0. The summed E-state index contributed by atoms with van der Waals surface area (Å²) in [5.74, 6) is 1.34. The van der Waals surface area contributed by atoms with Gasteiger partial charge in [0.1, 0.15) is 17.6 Å². The van der Waals surface area contributed by atoms with E-state index in [-0.39, 0.29) is 17.4 Å². The molecule has 2 aromatic carbocycles. The normalized spacial score (nSPS) is 18.4. The minimum absolute atomic E-state index is 0.0352. The monoisotopic (exact) mass is 464 g/mol. The van der Waals surface area contributed by atoms with Gasteiger partial charge in [0, 0.05) is 42.0 Å². The third-order valence-electron chi connectivity index (χ3n) is 5.43. The van der Waals surface area contributed by atoms with Crippen molar-refractivity contribution in [3.63, 3.8) is 0 Å². The van der Waals surface area contributed by atoms with Crippen molar-refractivity contribution in [1.29, 1.82) is 0 Å². The number of halogens is 2. The van der Waals surface area contributed by atoms with Gasteiger partial charge in [0.05, 0.1) is 12.3 Å². The maximum absolute atomic E-state index is 11.4. The van der Waals surface area contributed by atoms with Crippen molar-refractivity contribution in [2.75, 3.05) is 31.6 Å². The molecule has 1 aliphatic rings. The topological polar surface area (TPSA) is 50.8 Å². The third-order valence-corrected chi connectivity index (χ3v) is 5.92. The van der Waals surface area contributed by atoms with Crippen LogP contribution in [0.5, 0.6) is 11.5 Å². The summed E-state index contributed by atoms with van der Waals surface area (Å²) in [4.78, 5) is 13.9. The maximum Gasteiger partial charge on any atom is 0.221 e. The molecule has 1 heterocycles. The lowest BCUT2D eigenvalue weighted by molar-refractivity contribution is -0.114. The molecule has 0 saturated carbocycles. The maximum atomic E-state index is 11.4. The Balaban J connectivity index is 1.46. The highest BCUT2D eigenvalue weighted by Crippen LogP contribution is 2.33. The van der Waals surface area contributed by atoms with Crippen molar-refractivity contribution in [1.82, 2.24) is 4.90 Å². The first-order chi connectivity index (χ1) is 14.7. The van der Waals surface area contributed by atoms with Crippen LogP contribution in [-0.4, -0.2) is 43.2 Å². The molecule has 31 heavy (non-hydrogen) atoms. The number of likely N-dealkylation sites (tertiary alicyclic amines) is 1. The van der Waals surface area contributed by atoms with Crippen LogP contribution in [-0.2, 0) is 4.79 Å². The van der Waals surface area contributed by atoms with E-state index in [2.05, 4.69) is 24.1 Å². The number of ether oxygens (including phenoxy) is 2. The molecule has 2 aromatic rings. The fraction of sp³-hybridized carbons (Fsp3) is 0.458. The number of nitrogens with one attached hydrogen (secondary N) is 1. The molecule has 0 bridgehead atoms. The number of piperidine rings is 1. The van der Waals surface area contributed by atoms with Gasteiger partial charge < -0.3 is 19.7 Å². The van der Waals surface area contributed by atoms with E-state index >= 15 is 0 Å². The Kier molecular flexibility index (Phi) is 8.09. The van der Waals surface area contributed by atoms with E-state index in [0.29, 0.717) is 28.1 Å². The van der Waals surface area contributed by atoms with Crippen LogP contribution in [0.15, 0.2) is 42.5 Å². The average molecular weight is 465 g/mol. The van der Waals surface area contributed by atoms with Gasteiger partial charge in [-0.05, 0) is 55.3 Å². The Bertz CT molecular complexity index is 887. The predicted molar refractivity (Wildman–Crippen MR) is 127 cm³/mol. The minimum Gasteiger partial charge on any atom is -0.491 e. The van der Waals surface area contributed by atoms with Crippen LogP contribution in [0, 0.1) is 5.41 Å². The highest BCUT2D eigenvalue weighted by molar-refractivity contribution is 6.31. The van der Waals surface area contributed by atoms with Gasteiger partial charge in [0.15, 0.2) is 0 Å². The first-order valence-electron chi connectivity index (χ1n) is 10.6. The quantitative estimate of drug-likeness (QED) is 0.494. The average Bonchev–Trinajstić information content (AvgIpc) is 2.69. The fourth-order valence-electron chi connectivity index (χ4n) is 3.92. The Hall–Kier alpha value is -1.95. The van der Waals surface area contributed by atoms with Crippen molar-refractivity contribution in [2.24, 2.45) is 5.41 Å². The zero-order chi connectivity index (χ0) is 22.4. The van der Waals surface area contributed by atoms with E-state index in [0.717, 1.165) is 38.2 Å². The van der Waals surface area contributed by atoms with Gasteiger partial charge in [-0.3, -0.25) is 4.79 Å². The molecule has 1 aliphatic heterocycles. The second-order valence-corrected chi connectivity index (χ2v) is 9.51. The first kappa shape index (κ1) is 23.7. The van der Waals surface area contributed by atoms with Gasteiger partial charge in [-0.25, -0.2) is 0 Å². The summed E-state index contributed by atoms with van der Waals surface area (Å²) in [6, 6.07) is 12.8. The lowest BCUT2D eigenvalue weighted by Gasteiger charge is -2.44. The van der Waals surface area contributed by atoms with Crippen LogP contribution in [0.2, 0.25) is 10.0 Å². The van der Waals surface area contributed by atoms with Crippen molar-refractivity contribution in [2.45, 2.75) is 39.7 Å². The highest BCUT2D eigenvalue weighted by atomic mass is 35.5. The zero-order valence-corrected chi connectivity index (χ0v) is 19.8. The standard InChI is InChI=1S/C24H30Cl2N2O3/c1-17(29)27-21-15-19(26)7-10-22(21)30-14-4-12-28-13-11-23(24(2,3)16-28)31-20-8-5-18(25)6-9-20/h5-10,15,23H,4,11-14,16H2,1-3H3,(H,27,29). The lowest BCUT2D eigenvalue weighted by Crippen LogP contribution is -2.51. The van der Waals surface area contributed by atoms with Crippen LogP contribution >= 0.6 is 23.2 Å². The number of anilines is 1. The largest absolute Gasteiger partial charge is 0.491 e. The SMILES string of the molecule is CC(=O)Nc1cc(Cl)ccc1OCCCN1CCC(Oc2ccc(Cl)cc2)C(C)(C)C1. The summed E-state index contributed by atoms with van der Waals surface area (Å²) in [6.07, 6.45) is 2.02. The first-order valence-corrected chi connectivity index (χ1v) is 11.3. The van der Waals surface area contributed by atoms with Crippen molar-refractivity contribution in [3.8, 4) is 11.5 Å². The molecule has 168 valence electrons. The summed E-state index contributed by atoms with van der Waals surface area (Å²) in [5.41, 5.74) is 0.634. The zero-order valence-electron chi connectivity index (χ0n) is 18.3. The van der Waals surface area contributed by atoms with Gasteiger partial charge in [0.2, 0.25) is 5.91 Å². The Morgan fingerprint density at radius 1 is 1.16 bits per heavy atom. The molecule has 1 fully saturated rings. The minimum atomic E-state index is -0.155. The van der Waals surface area contributed by atoms with Gasteiger partial charge in [-0.1, -0.05) is 37.0 Å². The van der Waals surface area contributed by atoms with Gasteiger partial charge in [-0.2, -0.15) is 0 Å². The Morgan fingerprint density at radius 3 is 2.55 bits per heavy atom. The molecular weight excluding hydrogens is 435 g/mol. The lowest BCUT2D eigenvalue weighted by atomic mass is 9.81. The molecule has 7 heteroatoms. The fourth-order valence-corrected chi connectivity index (χ4v) is 4.22. The molecule has 3 rings (SSSR count). The highest BCUT2D eigenvalue weighted by Gasteiger charge is 2.37. The van der Waals surface area contributed by atoms with Crippen molar-refractivity contribution >= 4 is 34.8 Å². The molecule has 0 aromatic heterocycles. The molecule has 1 atom stereocenters. The molecule has 1 unspecified atom stereocenters. The second-order valence-electron chi connectivity index (χ2n) is 8.64. The number of benzene rings is 2. The van der Waals surface area contributed by atoms with Crippen molar-refractivity contribution in [3.05, 3.63) is 52.5 Å². The van der Waals surface area contributed by atoms with Crippen LogP contribution in [0.3, 0.4) is 0 Å². The molecule has 0 aliphatic carbocycles. The van der Waals surface area contributed by atoms with E-state index in [1.807, 2.05) is 24.3 Å². The Labute approximate surface area is 194 Å². The van der Waals surface area contributed by atoms with E-state index in [1.54, 1.807) is 18.2 Å². The molecule has 1 amide bonds. The van der Waals surface area contributed by atoms with E-state index in [4.69, 9.17) is 32.7 Å². The van der Waals surface area contributed by atoms with Gasteiger partial charge >= 0.3 is 0 Å². The van der Waals surface area contributed by atoms with Gasteiger partial charge in [-0.15, -0.1) is 0 Å². The second kappa shape index (κ2) is 10.6. The molecule has 0 radical (unpaired) electrons. The molecule has 1 saturated heterocycles. The molecule has 0 spiro atoms. The molecule has 5 nitrogen and oxygen atoms in total. The predicted octanol–water partition coefficient (Wildman–Crippen LogP) is 5.90. The van der Waals surface area contributed by atoms with Crippen molar-refractivity contribution < 1.29 is 14.3 Å². The van der Waals surface area contributed by atoms with Crippen LogP contribution in [0.25, 0.3) is 0 Å². The molecule has 1 N–H and O–H groups in total. The summed E-state index contributed by atoms with van der Waals surface area (Å²) < 4.78 is 12.2. The number of nitrogens with zero attached hydrogens (tertiary/aromatic N) is 1. The number of hydrogen-bond acceptors (Lipinski definition) is 4. The Morgan fingerprint density at radius 2 is 1.87 bits per heavy atom. The van der Waals surface area contributed by atoms with E-state index in [9.17, 15) is 4.79 Å². The van der Waals surface area contributed by atoms with E-state index in [1.165, 1.54) is 6.92 Å². The smallest absolute Gasteiger partial charge is 0.221 e. The van der Waals surface area contributed by atoms with E-state index < -0.39 is 0 Å². The number of hydrogen-bond donors (Lipinski definition) is 1. The van der Waals surface area contributed by atoms with Crippen LogP contribution in [0.4, 0.5) is 5.69 Å². The summed E-state index contributed by atoms with van der Waals surface area (Å²) in [5, 5.41) is 4.03. The number of carbonyl (C=O) groups is 1. The number of rotatable bonds is 8. The summed E-state index contributed by atoms with van der Waals surface area (Å²) in [6.45, 7) is 9.43. The van der Waals surface area contributed by atoms with Crippen LogP contribution in [0.1, 0.15) is 33.6 Å².